The summed E-state index contributed by atoms with van der Waals surface area (Å²) in [5.74, 6) is 0. The van der Waals surface area contributed by atoms with Gasteiger partial charge in [0.1, 0.15) is 0 Å². The van der Waals surface area contributed by atoms with Crippen molar-refractivity contribution >= 4 is 0 Å². The smallest absolute Gasteiger partial charge is 0.0905 e. The molecule has 3 rings (SSSR count). The largest absolute Gasteiger partial charge is 0.352 e. The summed E-state index contributed by atoms with van der Waals surface area (Å²) in [6.45, 7) is 5.46. The average molecular weight is 278 g/mol. The van der Waals surface area contributed by atoms with Crippen molar-refractivity contribution in [3.63, 3.8) is 0 Å². The molecule has 0 radical (unpaired) electrons. The molecule has 0 aromatic heterocycles. The van der Waals surface area contributed by atoms with Crippen LogP contribution >= 0.6 is 0 Å². The summed E-state index contributed by atoms with van der Waals surface area (Å²) in [6, 6.07) is 22.1. The summed E-state index contributed by atoms with van der Waals surface area (Å²) >= 11 is 0. The van der Waals surface area contributed by atoms with E-state index in [0.717, 1.165) is 6.67 Å². The van der Waals surface area contributed by atoms with Gasteiger partial charge in [-0.15, -0.1) is 0 Å². The Balaban J connectivity index is 1.68. The molecule has 0 bridgehead atoms. The van der Waals surface area contributed by atoms with Crippen LogP contribution in [0.1, 0.15) is 37.1 Å². The van der Waals surface area contributed by atoms with E-state index >= 15 is 0 Å². The molecule has 108 valence electrons. The number of nitrogens with zero attached hydrogens (tertiary/aromatic N) is 2. The standard InChI is InChI=1S/C19H22N2/c1-16(18-9-5-3-6-10-18)20-13-14-21(15-20)17(2)19-11-7-4-8-12-19/h3-14,16-17H,15H2,1-2H3/t16-,17?/m0/s1. The zero-order valence-electron chi connectivity index (χ0n) is 12.7. The third-order valence-electron chi connectivity index (χ3n) is 4.34. The van der Waals surface area contributed by atoms with Crippen LogP contribution in [0.15, 0.2) is 73.1 Å². The zero-order chi connectivity index (χ0) is 14.7. The normalized spacial score (nSPS) is 17.0. The minimum Gasteiger partial charge on any atom is -0.352 e. The van der Waals surface area contributed by atoms with Crippen LogP contribution < -0.4 is 0 Å². The Hall–Kier alpha value is -2.22. The highest BCUT2D eigenvalue weighted by atomic mass is 15.4. The van der Waals surface area contributed by atoms with E-state index in [1.165, 1.54) is 11.1 Å². The highest BCUT2D eigenvalue weighted by Gasteiger charge is 2.22. The van der Waals surface area contributed by atoms with Gasteiger partial charge in [-0.25, -0.2) is 0 Å². The molecule has 0 saturated carbocycles. The summed E-state index contributed by atoms with van der Waals surface area (Å²) in [6.07, 6.45) is 4.41. The van der Waals surface area contributed by atoms with Crippen molar-refractivity contribution in [3.05, 3.63) is 84.2 Å². The average Bonchev–Trinajstić information content (AvgIpc) is 3.05. The molecule has 0 aliphatic carbocycles. The molecule has 2 aromatic carbocycles. The Labute approximate surface area is 127 Å². The lowest BCUT2D eigenvalue weighted by Gasteiger charge is -2.30. The van der Waals surface area contributed by atoms with E-state index in [1.807, 2.05) is 0 Å². The molecule has 2 aromatic rings. The number of benzene rings is 2. The quantitative estimate of drug-likeness (QED) is 0.809. The number of hydrogen-bond donors (Lipinski definition) is 0. The maximum absolute atomic E-state index is 2.38. The predicted molar refractivity (Wildman–Crippen MR) is 87.4 cm³/mol. The molecular weight excluding hydrogens is 256 g/mol. The summed E-state index contributed by atoms with van der Waals surface area (Å²) in [5.41, 5.74) is 2.72. The van der Waals surface area contributed by atoms with E-state index in [9.17, 15) is 0 Å². The van der Waals surface area contributed by atoms with Gasteiger partial charge >= 0.3 is 0 Å². The van der Waals surface area contributed by atoms with E-state index in [0.29, 0.717) is 12.1 Å². The Morgan fingerprint density at radius 3 is 1.43 bits per heavy atom. The summed E-state index contributed by atoms with van der Waals surface area (Å²) in [4.78, 5) is 4.77. The minimum atomic E-state index is 0.399. The molecule has 1 aliphatic heterocycles. The molecule has 21 heavy (non-hydrogen) atoms. The van der Waals surface area contributed by atoms with E-state index in [1.54, 1.807) is 0 Å². The van der Waals surface area contributed by atoms with Gasteiger partial charge in [-0.1, -0.05) is 60.7 Å². The van der Waals surface area contributed by atoms with Gasteiger partial charge in [0.15, 0.2) is 0 Å². The Kier molecular flexibility index (Phi) is 3.96. The lowest BCUT2D eigenvalue weighted by molar-refractivity contribution is 0.191. The monoisotopic (exact) mass is 278 g/mol. The Morgan fingerprint density at radius 2 is 1.05 bits per heavy atom. The van der Waals surface area contributed by atoms with Crippen LogP contribution in [0.5, 0.6) is 0 Å². The molecule has 0 spiro atoms. The predicted octanol–water partition coefficient (Wildman–Crippen LogP) is 4.56. The molecule has 2 nitrogen and oxygen atoms in total. The fourth-order valence-electron chi connectivity index (χ4n) is 2.80. The molecule has 0 N–H and O–H groups in total. The Bertz CT molecular complexity index is 538. The van der Waals surface area contributed by atoms with Crippen molar-refractivity contribution in [2.75, 3.05) is 6.67 Å². The van der Waals surface area contributed by atoms with Crippen molar-refractivity contribution in [1.82, 2.24) is 9.80 Å². The molecule has 0 amide bonds. The van der Waals surface area contributed by atoms with Crippen LogP contribution in [0.4, 0.5) is 0 Å². The summed E-state index contributed by atoms with van der Waals surface area (Å²) in [7, 11) is 0. The molecule has 1 heterocycles. The molecule has 0 saturated heterocycles. The zero-order valence-corrected chi connectivity index (χ0v) is 12.7. The minimum absolute atomic E-state index is 0.399. The van der Waals surface area contributed by atoms with Crippen LogP contribution in [-0.4, -0.2) is 16.5 Å². The molecule has 2 atom stereocenters. The van der Waals surface area contributed by atoms with Crippen LogP contribution in [0.3, 0.4) is 0 Å². The lowest BCUT2D eigenvalue weighted by atomic mass is 10.1. The maximum Gasteiger partial charge on any atom is 0.0905 e. The van der Waals surface area contributed by atoms with E-state index < -0.39 is 0 Å². The highest BCUT2D eigenvalue weighted by Crippen LogP contribution is 2.28. The van der Waals surface area contributed by atoms with Crippen molar-refractivity contribution in [3.8, 4) is 0 Å². The first-order valence-electron chi connectivity index (χ1n) is 7.55. The molecular formula is C19H22N2. The first kappa shape index (κ1) is 13.7. The van der Waals surface area contributed by atoms with Gasteiger partial charge in [-0.3, -0.25) is 0 Å². The van der Waals surface area contributed by atoms with Gasteiger partial charge in [0.2, 0.25) is 0 Å². The molecule has 1 unspecified atom stereocenters. The van der Waals surface area contributed by atoms with E-state index in [-0.39, 0.29) is 0 Å². The highest BCUT2D eigenvalue weighted by molar-refractivity contribution is 5.21. The SMILES string of the molecule is CC(c1ccccc1)N1C=CN([C@@H](C)c2ccccc2)C1. The van der Waals surface area contributed by atoms with Crippen molar-refractivity contribution in [2.45, 2.75) is 25.9 Å². The van der Waals surface area contributed by atoms with Crippen LogP contribution in [-0.2, 0) is 0 Å². The summed E-state index contributed by atoms with van der Waals surface area (Å²) < 4.78 is 0. The second kappa shape index (κ2) is 6.04. The fourth-order valence-corrected chi connectivity index (χ4v) is 2.80. The third-order valence-corrected chi connectivity index (χ3v) is 4.34. The third kappa shape index (κ3) is 2.94. The number of rotatable bonds is 4. The van der Waals surface area contributed by atoms with E-state index in [2.05, 4.69) is 96.7 Å². The van der Waals surface area contributed by atoms with Gasteiger partial charge < -0.3 is 9.80 Å². The van der Waals surface area contributed by atoms with Gasteiger partial charge in [-0.05, 0) is 25.0 Å². The van der Waals surface area contributed by atoms with Gasteiger partial charge in [0, 0.05) is 12.4 Å². The van der Waals surface area contributed by atoms with Crippen molar-refractivity contribution in [1.29, 1.82) is 0 Å². The summed E-state index contributed by atoms with van der Waals surface area (Å²) in [5, 5.41) is 0. The Morgan fingerprint density at radius 1 is 0.667 bits per heavy atom. The molecule has 2 heteroatoms. The first-order valence-corrected chi connectivity index (χ1v) is 7.55. The van der Waals surface area contributed by atoms with Gasteiger partial charge in [-0.2, -0.15) is 0 Å². The topological polar surface area (TPSA) is 6.48 Å². The van der Waals surface area contributed by atoms with Gasteiger partial charge in [0.25, 0.3) is 0 Å². The van der Waals surface area contributed by atoms with Crippen LogP contribution in [0, 0.1) is 0 Å². The molecule has 0 fully saturated rings. The fraction of sp³-hybridized carbons (Fsp3) is 0.263. The first-order chi connectivity index (χ1) is 10.3. The lowest BCUT2D eigenvalue weighted by Crippen LogP contribution is -2.29. The second-order valence-corrected chi connectivity index (χ2v) is 5.64. The molecule has 1 aliphatic rings. The van der Waals surface area contributed by atoms with Crippen LogP contribution in [0.25, 0.3) is 0 Å². The van der Waals surface area contributed by atoms with Gasteiger partial charge in [0.05, 0.1) is 18.8 Å². The van der Waals surface area contributed by atoms with Crippen molar-refractivity contribution < 1.29 is 0 Å². The number of hydrogen-bond acceptors (Lipinski definition) is 2. The van der Waals surface area contributed by atoms with Crippen molar-refractivity contribution in [2.24, 2.45) is 0 Å². The van der Waals surface area contributed by atoms with E-state index in [4.69, 9.17) is 0 Å². The second-order valence-electron chi connectivity index (χ2n) is 5.64. The maximum atomic E-state index is 2.38. The van der Waals surface area contributed by atoms with Crippen LogP contribution in [0.2, 0.25) is 0 Å².